The molecule has 0 aromatic carbocycles. The smallest absolute Gasteiger partial charge is 0.301 e. The van der Waals surface area contributed by atoms with Crippen LogP contribution in [0.15, 0.2) is 11.4 Å². The van der Waals surface area contributed by atoms with Crippen molar-refractivity contribution in [3.8, 4) is 6.07 Å². The van der Waals surface area contributed by atoms with Crippen molar-refractivity contribution in [2.75, 3.05) is 11.4 Å². The highest BCUT2D eigenvalue weighted by atomic mass is 32.3. The third-order valence-corrected chi connectivity index (χ3v) is 4.55. The van der Waals surface area contributed by atoms with Crippen molar-refractivity contribution in [2.45, 2.75) is 11.7 Å². The molecule has 1 aromatic heterocycles. The van der Waals surface area contributed by atoms with Gasteiger partial charge < -0.3 is 4.90 Å². The second-order valence-corrected chi connectivity index (χ2v) is 6.07. The van der Waals surface area contributed by atoms with Gasteiger partial charge >= 0.3 is 10.2 Å². The van der Waals surface area contributed by atoms with Gasteiger partial charge in [0.05, 0.1) is 5.56 Å². The molecule has 1 aliphatic rings. The minimum atomic E-state index is -4.72. The van der Waals surface area contributed by atoms with Gasteiger partial charge in [-0.05, 0) is 11.4 Å². The van der Waals surface area contributed by atoms with Crippen LogP contribution in [0.4, 0.5) is 8.89 Å². The molecule has 2 heterocycles. The highest BCUT2D eigenvalue weighted by molar-refractivity contribution is 7.87. The lowest BCUT2D eigenvalue weighted by molar-refractivity contribution is -0.117. The summed E-state index contributed by atoms with van der Waals surface area (Å²) in [6.07, 6.45) is -0.373. The topological polar surface area (TPSA) is 78.2 Å². The van der Waals surface area contributed by atoms with Gasteiger partial charge in [0.2, 0.25) is 5.91 Å². The fourth-order valence-corrected chi connectivity index (χ4v) is 3.20. The predicted molar refractivity (Wildman–Crippen MR) is 59.8 cm³/mol. The van der Waals surface area contributed by atoms with E-state index in [2.05, 4.69) is 0 Å². The van der Waals surface area contributed by atoms with Crippen LogP contribution in [-0.2, 0) is 15.0 Å². The average molecular weight is 274 g/mol. The third-order valence-electron chi connectivity index (χ3n) is 2.50. The van der Waals surface area contributed by atoms with Gasteiger partial charge in [-0.15, -0.1) is 15.2 Å². The van der Waals surface area contributed by atoms with Crippen LogP contribution in [0.2, 0.25) is 0 Å². The maximum absolute atomic E-state index is 12.8. The van der Waals surface area contributed by atoms with Crippen molar-refractivity contribution in [3.63, 3.8) is 0 Å². The minimum absolute atomic E-state index is 0.229. The SMILES string of the molecule is N#Cc1ccsc1N1CC(S(=O)(=O)F)CC1=O. The first-order chi connectivity index (χ1) is 7.93. The molecule has 1 aliphatic heterocycles. The van der Waals surface area contributed by atoms with Crippen molar-refractivity contribution >= 4 is 32.5 Å². The molecular formula is C9H7FN2O3S2. The molecule has 0 N–H and O–H groups in total. The fraction of sp³-hybridized carbons (Fsp3) is 0.333. The Hall–Kier alpha value is -1.46. The van der Waals surface area contributed by atoms with E-state index >= 15 is 0 Å². The quantitative estimate of drug-likeness (QED) is 0.754. The van der Waals surface area contributed by atoms with Gasteiger partial charge in [-0.3, -0.25) is 4.79 Å². The number of anilines is 1. The normalized spacial score (nSPS) is 20.6. The summed E-state index contributed by atoms with van der Waals surface area (Å²) in [7, 11) is -4.72. The minimum Gasteiger partial charge on any atom is -0.301 e. The molecule has 2 rings (SSSR count). The largest absolute Gasteiger partial charge is 0.307 e. The molecule has 8 heteroatoms. The van der Waals surface area contributed by atoms with E-state index in [1.165, 1.54) is 6.07 Å². The number of carbonyl (C=O) groups is 1. The van der Waals surface area contributed by atoms with E-state index in [0.717, 1.165) is 16.2 Å². The van der Waals surface area contributed by atoms with Crippen molar-refractivity contribution in [2.24, 2.45) is 0 Å². The number of carbonyl (C=O) groups excluding carboxylic acids is 1. The average Bonchev–Trinajstić information content (AvgIpc) is 2.81. The number of nitriles is 1. The zero-order chi connectivity index (χ0) is 12.6. The van der Waals surface area contributed by atoms with Crippen LogP contribution in [0.3, 0.4) is 0 Å². The van der Waals surface area contributed by atoms with Crippen LogP contribution in [0, 0.1) is 11.3 Å². The molecule has 1 aromatic rings. The van der Waals surface area contributed by atoms with Crippen molar-refractivity contribution in [1.29, 1.82) is 5.26 Å². The Morgan fingerprint density at radius 3 is 2.82 bits per heavy atom. The van der Waals surface area contributed by atoms with Gasteiger partial charge in [0, 0.05) is 13.0 Å². The summed E-state index contributed by atoms with van der Waals surface area (Å²) in [6, 6.07) is 3.43. The predicted octanol–water partition coefficient (Wildman–Crippen LogP) is 1.02. The third kappa shape index (κ3) is 2.16. The molecule has 17 heavy (non-hydrogen) atoms. The number of hydrogen-bond acceptors (Lipinski definition) is 5. The van der Waals surface area contributed by atoms with Crippen molar-refractivity contribution < 1.29 is 17.1 Å². The van der Waals surface area contributed by atoms with Crippen LogP contribution >= 0.6 is 11.3 Å². The molecule has 1 amide bonds. The van der Waals surface area contributed by atoms with Crippen LogP contribution in [-0.4, -0.2) is 26.1 Å². The number of thiophene rings is 1. The van der Waals surface area contributed by atoms with Crippen molar-refractivity contribution in [3.05, 3.63) is 17.0 Å². The molecule has 90 valence electrons. The number of amides is 1. The highest BCUT2D eigenvalue weighted by Crippen LogP contribution is 2.32. The maximum atomic E-state index is 12.8. The zero-order valence-electron chi connectivity index (χ0n) is 8.46. The number of hydrogen-bond donors (Lipinski definition) is 0. The van der Waals surface area contributed by atoms with E-state index < -0.39 is 21.4 Å². The Morgan fingerprint density at radius 2 is 2.29 bits per heavy atom. The summed E-state index contributed by atoms with van der Waals surface area (Å²) < 4.78 is 34.3. The monoisotopic (exact) mass is 274 g/mol. The van der Waals surface area contributed by atoms with Crippen LogP contribution in [0.1, 0.15) is 12.0 Å². The van der Waals surface area contributed by atoms with Crippen LogP contribution in [0.5, 0.6) is 0 Å². The first-order valence-corrected chi connectivity index (χ1v) is 6.97. The molecule has 0 aliphatic carbocycles. The maximum Gasteiger partial charge on any atom is 0.307 e. The van der Waals surface area contributed by atoms with E-state index in [0.29, 0.717) is 10.6 Å². The lowest BCUT2D eigenvalue weighted by Gasteiger charge is -2.13. The van der Waals surface area contributed by atoms with E-state index in [1.54, 1.807) is 5.38 Å². The Morgan fingerprint density at radius 1 is 1.59 bits per heavy atom. The van der Waals surface area contributed by atoms with Gasteiger partial charge in [-0.2, -0.15) is 13.7 Å². The Bertz CT molecular complexity index is 602. The number of nitrogens with zero attached hydrogens (tertiary/aromatic N) is 2. The van der Waals surface area contributed by atoms with Gasteiger partial charge in [-0.25, -0.2) is 0 Å². The highest BCUT2D eigenvalue weighted by Gasteiger charge is 2.40. The van der Waals surface area contributed by atoms with Crippen LogP contribution < -0.4 is 4.90 Å². The fourth-order valence-electron chi connectivity index (χ4n) is 1.66. The summed E-state index contributed by atoms with van der Waals surface area (Å²) in [5, 5.41) is 9.48. The van der Waals surface area contributed by atoms with Gasteiger partial charge in [0.15, 0.2) is 0 Å². The first-order valence-electron chi connectivity index (χ1n) is 4.65. The Labute approximate surface area is 101 Å². The summed E-state index contributed by atoms with van der Waals surface area (Å²) in [5.41, 5.74) is 0.292. The molecule has 1 saturated heterocycles. The van der Waals surface area contributed by atoms with Gasteiger partial charge in [0.25, 0.3) is 0 Å². The Kier molecular flexibility index (Phi) is 2.89. The van der Waals surface area contributed by atoms with E-state index in [-0.39, 0.29) is 13.0 Å². The molecule has 0 radical (unpaired) electrons. The summed E-state index contributed by atoms with van der Waals surface area (Å²) in [5.74, 6) is -0.477. The molecular weight excluding hydrogens is 267 g/mol. The number of halogens is 1. The molecule has 0 saturated carbocycles. The van der Waals surface area contributed by atoms with Crippen LogP contribution in [0.25, 0.3) is 0 Å². The zero-order valence-corrected chi connectivity index (χ0v) is 10.1. The van der Waals surface area contributed by atoms with Gasteiger partial charge in [0.1, 0.15) is 16.3 Å². The molecule has 1 fully saturated rings. The summed E-state index contributed by atoms with van der Waals surface area (Å²) in [4.78, 5) is 12.7. The summed E-state index contributed by atoms with van der Waals surface area (Å²) in [6.45, 7) is -0.229. The van der Waals surface area contributed by atoms with E-state index in [4.69, 9.17) is 5.26 Å². The second-order valence-electron chi connectivity index (χ2n) is 3.56. The molecule has 0 bridgehead atoms. The number of rotatable bonds is 2. The van der Waals surface area contributed by atoms with E-state index in [9.17, 15) is 17.1 Å². The molecule has 1 atom stereocenters. The second kappa shape index (κ2) is 4.09. The van der Waals surface area contributed by atoms with Crippen molar-refractivity contribution in [1.82, 2.24) is 0 Å². The first kappa shape index (κ1) is 12.0. The lowest BCUT2D eigenvalue weighted by Crippen LogP contribution is -2.26. The van der Waals surface area contributed by atoms with Gasteiger partial charge in [-0.1, -0.05) is 0 Å². The molecule has 1 unspecified atom stereocenters. The lowest BCUT2D eigenvalue weighted by atomic mass is 10.3. The molecule has 5 nitrogen and oxygen atoms in total. The standard InChI is InChI=1S/C9H7FN2O3S2/c10-17(14,15)7-3-8(13)12(5-7)9-6(4-11)1-2-16-9/h1-2,7H,3,5H2. The molecule has 0 spiro atoms. The summed E-state index contributed by atoms with van der Waals surface area (Å²) >= 11 is 1.15. The Balaban J connectivity index is 2.32. The van der Waals surface area contributed by atoms with E-state index in [1.807, 2.05) is 6.07 Å².